The summed E-state index contributed by atoms with van der Waals surface area (Å²) in [7, 11) is 0. The number of allylic oxidation sites excluding steroid dienone is 1. The van der Waals surface area contributed by atoms with Crippen molar-refractivity contribution in [3.05, 3.63) is 71.1 Å². The van der Waals surface area contributed by atoms with Crippen LogP contribution in [-0.2, 0) is 12.1 Å². The highest BCUT2D eigenvalue weighted by atomic mass is 19.1. The Hall–Kier alpha value is -2.37. The number of halogens is 1. The Morgan fingerprint density at radius 1 is 1.17 bits per heavy atom. The van der Waals surface area contributed by atoms with E-state index in [1.807, 2.05) is 23.1 Å². The van der Waals surface area contributed by atoms with Gasteiger partial charge >= 0.3 is 0 Å². The van der Waals surface area contributed by atoms with Gasteiger partial charge in [-0.1, -0.05) is 29.8 Å². The zero-order valence-electron chi connectivity index (χ0n) is 17.9. The first-order chi connectivity index (χ1) is 14.5. The van der Waals surface area contributed by atoms with Crippen LogP contribution in [-0.4, -0.2) is 42.8 Å². The van der Waals surface area contributed by atoms with Crippen molar-refractivity contribution in [2.45, 2.75) is 38.8 Å². The Balaban J connectivity index is 1.50. The van der Waals surface area contributed by atoms with Crippen molar-refractivity contribution in [3.8, 4) is 5.75 Å². The van der Waals surface area contributed by atoms with Crippen LogP contribution >= 0.6 is 0 Å². The van der Waals surface area contributed by atoms with Crippen LogP contribution in [0.1, 0.15) is 37.8 Å². The van der Waals surface area contributed by atoms with E-state index in [0.717, 1.165) is 36.5 Å². The van der Waals surface area contributed by atoms with Crippen molar-refractivity contribution in [1.82, 2.24) is 4.90 Å². The quantitative estimate of drug-likeness (QED) is 0.755. The van der Waals surface area contributed by atoms with Crippen LogP contribution in [0.3, 0.4) is 0 Å². The zero-order valence-corrected chi connectivity index (χ0v) is 17.9. The molecule has 0 aliphatic carbocycles. The summed E-state index contributed by atoms with van der Waals surface area (Å²) >= 11 is 0. The third-order valence-corrected chi connectivity index (χ3v) is 6.41. The van der Waals surface area contributed by atoms with E-state index in [0.29, 0.717) is 38.2 Å². The molecule has 0 atom stereocenters. The van der Waals surface area contributed by atoms with Gasteiger partial charge in [0.2, 0.25) is 0 Å². The fourth-order valence-electron chi connectivity index (χ4n) is 4.43. The molecule has 4 nitrogen and oxygen atoms in total. The van der Waals surface area contributed by atoms with Crippen molar-refractivity contribution in [2.24, 2.45) is 0 Å². The SMILES string of the molecule is C/C=C(\C)CN1CCOc2ccc(C3(O)CCN(c4ccccc4F)CC3)cc2C1. The van der Waals surface area contributed by atoms with Gasteiger partial charge in [-0.15, -0.1) is 0 Å². The van der Waals surface area contributed by atoms with Gasteiger partial charge in [-0.05, 0) is 56.5 Å². The first-order valence-electron chi connectivity index (χ1n) is 10.8. The van der Waals surface area contributed by atoms with Crippen molar-refractivity contribution in [1.29, 1.82) is 0 Å². The lowest BCUT2D eigenvalue weighted by Crippen LogP contribution is -2.43. The molecule has 0 saturated carbocycles. The number of benzene rings is 2. The lowest BCUT2D eigenvalue weighted by molar-refractivity contribution is 0.0115. The van der Waals surface area contributed by atoms with Crippen molar-refractivity contribution in [2.75, 3.05) is 37.7 Å². The molecule has 4 rings (SSSR count). The number of anilines is 1. The topological polar surface area (TPSA) is 35.9 Å². The summed E-state index contributed by atoms with van der Waals surface area (Å²) in [6, 6.07) is 13.0. The molecule has 1 saturated heterocycles. The molecule has 2 heterocycles. The average molecular weight is 411 g/mol. The van der Waals surface area contributed by atoms with Crippen LogP contribution < -0.4 is 9.64 Å². The van der Waals surface area contributed by atoms with E-state index in [9.17, 15) is 9.50 Å². The molecule has 2 aliphatic heterocycles. The van der Waals surface area contributed by atoms with Gasteiger partial charge in [0.1, 0.15) is 18.2 Å². The smallest absolute Gasteiger partial charge is 0.146 e. The number of para-hydroxylation sites is 1. The Kier molecular flexibility index (Phi) is 6.11. The van der Waals surface area contributed by atoms with Crippen LogP contribution in [0.4, 0.5) is 10.1 Å². The second kappa shape index (κ2) is 8.78. The lowest BCUT2D eigenvalue weighted by atomic mass is 9.83. The highest BCUT2D eigenvalue weighted by Gasteiger charge is 2.35. The summed E-state index contributed by atoms with van der Waals surface area (Å²) in [5.74, 6) is 0.702. The number of aliphatic hydroxyl groups is 1. The third kappa shape index (κ3) is 4.37. The van der Waals surface area contributed by atoms with Gasteiger partial charge in [0, 0.05) is 38.3 Å². The fourth-order valence-corrected chi connectivity index (χ4v) is 4.43. The molecule has 2 aromatic rings. The highest BCUT2D eigenvalue weighted by Crippen LogP contribution is 2.37. The molecule has 1 N–H and O–H groups in total. The molecule has 0 radical (unpaired) electrons. The van der Waals surface area contributed by atoms with Crippen LogP contribution in [0, 0.1) is 5.82 Å². The van der Waals surface area contributed by atoms with Gasteiger partial charge in [-0.3, -0.25) is 4.90 Å². The predicted octanol–water partition coefficient (Wildman–Crippen LogP) is 4.47. The zero-order chi connectivity index (χ0) is 21.1. The van der Waals surface area contributed by atoms with Gasteiger partial charge in [0.05, 0.1) is 11.3 Å². The monoisotopic (exact) mass is 410 g/mol. The second-order valence-electron chi connectivity index (χ2n) is 8.49. The highest BCUT2D eigenvalue weighted by molar-refractivity contribution is 5.49. The molecule has 0 aromatic heterocycles. The Labute approximate surface area is 178 Å². The first-order valence-corrected chi connectivity index (χ1v) is 10.8. The Bertz CT molecular complexity index is 919. The molecule has 0 spiro atoms. The molecule has 2 aliphatic rings. The van der Waals surface area contributed by atoms with E-state index in [1.54, 1.807) is 12.1 Å². The number of rotatable bonds is 4. The van der Waals surface area contributed by atoms with Crippen LogP contribution in [0.15, 0.2) is 54.1 Å². The van der Waals surface area contributed by atoms with E-state index < -0.39 is 5.60 Å². The minimum atomic E-state index is -0.896. The summed E-state index contributed by atoms with van der Waals surface area (Å²) in [5.41, 5.74) is 3.12. The van der Waals surface area contributed by atoms with Crippen LogP contribution in [0.25, 0.3) is 0 Å². The van der Waals surface area contributed by atoms with Crippen LogP contribution in [0.5, 0.6) is 5.75 Å². The molecule has 30 heavy (non-hydrogen) atoms. The van der Waals surface area contributed by atoms with Gasteiger partial charge < -0.3 is 14.7 Å². The number of nitrogens with zero attached hydrogens (tertiary/aromatic N) is 2. The minimum absolute atomic E-state index is 0.207. The normalized spacial score (nSPS) is 19.7. The van der Waals surface area contributed by atoms with E-state index >= 15 is 0 Å². The standard InChI is InChI=1S/C25H31FN2O2/c1-3-19(2)17-27-14-15-30-24-9-8-21(16-20(24)18-27)25(29)10-12-28(13-11-25)23-7-5-4-6-22(23)26/h3-9,16,29H,10-15,17-18H2,1-2H3/b19-3+. The van der Waals surface area contributed by atoms with Crippen molar-refractivity contribution in [3.63, 3.8) is 0 Å². The van der Waals surface area contributed by atoms with Gasteiger partial charge in [-0.2, -0.15) is 0 Å². The van der Waals surface area contributed by atoms with Gasteiger partial charge in [0.25, 0.3) is 0 Å². The molecule has 0 amide bonds. The summed E-state index contributed by atoms with van der Waals surface area (Å²) < 4.78 is 20.1. The number of piperidine rings is 1. The van der Waals surface area contributed by atoms with E-state index in [4.69, 9.17) is 4.74 Å². The number of hydrogen-bond donors (Lipinski definition) is 1. The Morgan fingerprint density at radius 2 is 1.93 bits per heavy atom. The molecule has 2 aromatic carbocycles. The third-order valence-electron chi connectivity index (χ3n) is 6.41. The maximum atomic E-state index is 14.1. The fraction of sp³-hybridized carbons (Fsp3) is 0.440. The summed E-state index contributed by atoms with van der Waals surface area (Å²) in [6.07, 6.45) is 3.29. The van der Waals surface area contributed by atoms with E-state index in [1.165, 1.54) is 11.6 Å². The minimum Gasteiger partial charge on any atom is -0.492 e. The summed E-state index contributed by atoms with van der Waals surface area (Å²) in [6.45, 7) is 8.75. The Morgan fingerprint density at radius 3 is 2.67 bits per heavy atom. The van der Waals surface area contributed by atoms with Gasteiger partial charge in [-0.25, -0.2) is 4.39 Å². The first kappa shape index (κ1) is 20.9. The maximum absolute atomic E-state index is 14.1. The molecule has 5 heteroatoms. The molecule has 0 unspecified atom stereocenters. The van der Waals surface area contributed by atoms with Crippen molar-refractivity contribution < 1.29 is 14.2 Å². The van der Waals surface area contributed by atoms with E-state index in [2.05, 4.69) is 30.9 Å². The molecular weight excluding hydrogens is 379 g/mol. The second-order valence-corrected chi connectivity index (χ2v) is 8.49. The average Bonchev–Trinajstić information content (AvgIpc) is 2.96. The van der Waals surface area contributed by atoms with E-state index in [-0.39, 0.29) is 5.82 Å². The predicted molar refractivity (Wildman–Crippen MR) is 118 cm³/mol. The molecule has 160 valence electrons. The number of hydrogen-bond acceptors (Lipinski definition) is 4. The summed E-state index contributed by atoms with van der Waals surface area (Å²) in [5, 5.41) is 11.4. The molecular formula is C25H31FN2O2. The maximum Gasteiger partial charge on any atom is 0.146 e. The summed E-state index contributed by atoms with van der Waals surface area (Å²) in [4.78, 5) is 4.41. The van der Waals surface area contributed by atoms with Crippen LogP contribution in [0.2, 0.25) is 0 Å². The van der Waals surface area contributed by atoms with Gasteiger partial charge in [0.15, 0.2) is 0 Å². The number of fused-ring (bicyclic) bond motifs is 1. The largest absolute Gasteiger partial charge is 0.492 e. The molecule has 1 fully saturated rings. The van der Waals surface area contributed by atoms with Crippen molar-refractivity contribution >= 4 is 5.69 Å². The number of ether oxygens (including phenoxy) is 1. The lowest BCUT2D eigenvalue weighted by Gasteiger charge is -2.40. The molecule has 0 bridgehead atoms.